The lowest BCUT2D eigenvalue weighted by molar-refractivity contribution is 0.0593. The van der Waals surface area contributed by atoms with Gasteiger partial charge in [0.05, 0.1) is 60.1 Å². The smallest absolute Gasteiger partial charge is 0.339 e. The Hall–Kier alpha value is -9.69. The van der Waals surface area contributed by atoms with Crippen LogP contribution in [0.2, 0.25) is 0 Å². The van der Waals surface area contributed by atoms with Gasteiger partial charge in [-0.3, -0.25) is 9.59 Å². The van der Waals surface area contributed by atoms with Crippen LogP contribution >= 0.6 is 0 Å². The van der Waals surface area contributed by atoms with Crippen LogP contribution in [0.3, 0.4) is 0 Å². The van der Waals surface area contributed by atoms with Crippen LogP contribution in [0.1, 0.15) is 85.0 Å². The first kappa shape index (κ1) is 55.6. The molecule has 0 saturated carbocycles. The fourth-order valence-electron chi connectivity index (χ4n) is 7.67. The largest absolute Gasteiger partial charge is 0.507 e. The van der Waals surface area contributed by atoms with Gasteiger partial charge in [0.25, 0.3) is 11.8 Å². The van der Waals surface area contributed by atoms with Crippen LogP contribution in [0.15, 0.2) is 182 Å². The van der Waals surface area contributed by atoms with Gasteiger partial charge in [-0.25, -0.2) is 14.4 Å². The van der Waals surface area contributed by atoms with Crippen LogP contribution in [-0.4, -0.2) is 66.4 Å². The van der Waals surface area contributed by atoms with Crippen LogP contribution < -0.4 is 25.8 Å². The van der Waals surface area contributed by atoms with Crippen molar-refractivity contribution in [1.29, 1.82) is 0 Å². The van der Waals surface area contributed by atoms with Gasteiger partial charge in [-0.15, -0.1) is 0 Å². The van der Waals surface area contributed by atoms with Crippen LogP contribution in [0.4, 0.5) is 17.1 Å². The van der Waals surface area contributed by atoms with Crippen molar-refractivity contribution in [3.8, 4) is 50.6 Å². The lowest BCUT2D eigenvalue weighted by Gasteiger charge is -2.15. The Kier molecular flexibility index (Phi) is 19.3. The summed E-state index contributed by atoms with van der Waals surface area (Å²) in [5.41, 5.74) is 14.3. The minimum absolute atomic E-state index is 0.00269. The number of amides is 2. The number of nitrogens with two attached hydrogens (primary N) is 1. The fraction of sp³-hybridized carbons (Fsp3) is 0.145. The van der Waals surface area contributed by atoms with Gasteiger partial charge in [0.1, 0.15) is 17.2 Å². The number of ether oxygens (including phenoxy) is 4. The maximum Gasteiger partial charge on any atom is 0.339 e. The molecule has 0 aliphatic rings. The number of hydrogen-bond donors (Lipinski definition) is 5. The van der Waals surface area contributed by atoms with Crippen molar-refractivity contribution < 1.29 is 53.1 Å². The van der Waals surface area contributed by atoms with Crippen molar-refractivity contribution in [3.05, 3.63) is 215 Å². The maximum atomic E-state index is 13.1. The number of carboxylic acid groups (broad SMARTS) is 1. The van der Waals surface area contributed by atoms with E-state index in [1.165, 1.54) is 32.4 Å². The van der Waals surface area contributed by atoms with Crippen molar-refractivity contribution in [1.82, 2.24) is 0 Å². The molecule has 0 heterocycles. The molecule has 388 valence electrons. The topological polar surface area (TPSA) is 213 Å². The van der Waals surface area contributed by atoms with Gasteiger partial charge < -0.3 is 45.5 Å². The van der Waals surface area contributed by atoms with Gasteiger partial charge >= 0.3 is 17.9 Å². The van der Waals surface area contributed by atoms with Crippen molar-refractivity contribution in [2.75, 3.05) is 30.6 Å². The number of methoxy groups -OCH3 is 2. The van der Waals surface area contributed by atoms with Crippen LogP contribution in [0, 0.1) is 6.92 Å². The van der Waals surface area contributed by atoms with E-state index < -0.39 is 23.8 Å². The molecule has 0 aromatic heterocycles. The Morgan fingerprint density at radius 3 is 1.29 bits per heavy atom. The lowest BCUT2D eigenvalue weighted by atomic mass is 10.0. The van der Waals surface area contributed by atoms with E-state index in [1.54, 1.807) is 48.5 Å². The molecule has 0 bridgehead atoms. The first-order valence-electron chi connectivity index (χ1n) is 24.1. The number of anilines is 3. The number of aromatic carboxylic acids is 1. The minimum atomic E-state index is -1.17. The Morgan fingerprint density at radius 2 is 0.842 bits per heavy atom. The highest BCUT2D eigenvalue weighted by molar-refractivity contribution is 6.10. The molecule has 76 heavy (non-hydrogen) atoms. The predicted octanol–water partition coefficient (Wildman–Crippen LogP) is 13.0. The zero-order valence-corrected chi connectivity index (χ0v) is 43.1. The second-order valence-corrected chi connectivity index (χ2v) is 17.6. The minimum Gasteiger partial charge on any atom is -0.507 e. The van der Waals surface area contributed by atoms with Crippen molar-refractivity contribution in [2.45, 2.75) is 46.8 Å². The number of aromatic hydroxyl groups is 1. The molecule has 0 atom stereocenters. The second kappa shape index (κ2) is 26.3. The number of esters is 2. The number of nitrogens with one attached hydrogen (secondary N) is 2. The van der Waals surface area contributed by atoms with E-state index in [2.05, 4.69) is 15.4 Å². The Morgan fingerprint density at radius 1 is 0.447 bits per heavy atom. The molecule has 0 aliphatic heterocycles. The first-order valence-corrected chi connectivity index (χ1v) is 24.1. The summed E-state index contributed by atoms with van der Waals surface area (Å²) in [6, 6.07) is 54.1. The molecule has 0 spiro atoms. The SMILES string of the molecule is CC(C)Oc1ccc(O)c(C(=O)Nc2cc(-c3ccccc3)ccc2C(=O)O)c1.COC(=O)c1ccc(-c2ccccc2)cc1N.COC(=O)c1ccc(-c2ccccc2)cc1NC(=O)c1cc(OC(C)C)ccc1C. The molecule has 14 nitrogen and oxygen atoms in total. The molecule has 6 N–H and O–H groups in total. The van der Waals surface area contributed by atoms with Gasteiger partial charge in [0.15, 0.2) is 0 Å². The third-order valence-electron chi connectivity index (χ3n) is 11.4. The van der Waals surface area contributed by atoms with Gasteiger partial charge in [-0.2, -0.15) is 0 Å². The number of hydrogen-bond acceptors (Lipinski definition) is 11. The Balaban J connectivity index is 0.000000192. The van der Waals surface area contributed by atoms with Crippen molar-refractivity contribution in [3.63, 3.8) is 0 Å². The number of nitrogen functional groups attached to an aromatic ring is 1. The summed E-state index contributed by atoms with van der Waals surface area (Å²) in [4.78, 5) is 61.1. The number of rotatable bonds is 14. The fourth-order valence-corrected chi connectivity index (χ4v) is 7.67. The molecule has 2 amide bonds. The van der Waals surface area contributed by atoms with E-state index in [1.807, 2.05) is 150 Å². The normalized spacial score (nSPS) is 10.4. The number of carbonyl (C=O) groups is 5. The average molecular weight is 1020 g/mol. The van der Waals surface area contributed by atoms with E-state index in [4.69, 9.17) is 19.9 Å². The number of carbonyl (C=O) groups excluding carboxylic acids is 4. The standard InChI is InChI=1S/C25H25NO4.C23H21NO5.C14H13NO2/c1-16(2)30-20-12-10-17(3)22(15-20)24(27)26-23-14-19(18-8-6-5-7-9-18)11-13-21(23)25(28)29-4;1-14(2)29-17-9-11-21(25)19(13-17)22(26)24-20-12-16(8-10-18(20)23(27)28)15-6-4-3-5-7-15;1-17-14(16)12-8-7-11(9-13(12)15)10-5-3-2-4-6-10/h5-16H,1-4H3,(H,26,27);3-14,25H,1-2H3,(H,24,26)(H,27,28);2-9H,15H2,1H3. The summed E-state index contributed by atoms with van der Waals surface area (Å²) >= 11 is 0. The van der Waals surface area contributed by atoms with E-state index in [9.17, 15) is 34.2 Å². The lowest BCUT2D eigenvalue weighted by Crippen LogP contribution is -2.17. The number of aryl methyl sites for hydroxylation is 1. The molecule has 14 heteroatoms. The van der Waals surface area contributed by atoms with E-state index in [0.717, 1.165) is 38.9 Å². The number of benzene rings is 8. The summed E-state index contributed by atoms with van der Waals surface area (Å²) in [7, 11) is 2.66. The van der Waals surface area contributed by atoms with E-state index in [-0.39, 0.29) is 46.2 Å². The van der Waals surface area contributed by atoms with E-state index >= 15 is 0 Å². The summed E-state index contributed by atoms with van der Waals surface area (Å²) in [5, 5.41) is 25.1. The molecule has 8 rings (SSSR count). The average Bonchev–Trinajstić information content (AvgIpc) is 3.42. The maximum absolute atomic E-state index is 13.1. The zero-order valence-electron chi connectivity index (χ0n) is 43.1. The van der Waals surface area contributed by atoms with Crippen LogP contribution in [0.25, 0.3) is 33.4 Å². The van der Waals surface area contributed by atoms with Gasteiger partial charge in [0, 0.05) is 11.3 Å². The highest BCUT2D eigenvalue weighted by Gasteiger charge is 2.20. The number of phenols is 1. The molecule has 0 fully saturated rings. The van der Waals surface area contributed by atoms with Crippen molar-refractivity contribution >= 4 is 46.8 Å². The molecule has 0 aliphatic carbocycles. The molecule has 0 unspecified atom stereocenters. The third-order valence-corrected chi connectivity index (χ3v) is 11.4. The molecular weight excluding hydrogens is 963 g/mol. The quantitative estimate of drug-likeness (QED) is 0.0508. The summed E-state index contributed by atoms with van der Waals surface area (Å²) in [6.45, 7) is 9.41. The van der Waals surface area contributed by atoms with Gasteiger partial charge in [-0.05, 0) is 140 Å². The Bertz CT molecular complexity index is 3320. The Labute approximate surface area is 441 Å². The summed E-state index contributed by atoms with van der Waals surface area (Å²) < 4.78 is 20.8. The van der Waals surface area contributed by atoms with Crippen LogP contribution in [0.5, 0.6) is 17.2 Å². The number of phenolic OH excluding ortho intramolecular Hbond substituents is 1. The number of carboxylic acids is 1. The molecular formula is C62H59N3O11. The van der Waals surface area contributed by atoms with Gasteiger partial charge in [0.2, 0.25) is 0 Å². The summed E-state index contributed by atoms with van der Waals surface area (Å²) in [5.74, 6) is -2.23. The third kappa shape index (κ3) is 14.9. The van der Waals surface area contributed by atoms with E-state index in [0.29, 0.717) is 34.0 Å². The second-order valence-electron chi connectivity index (χ2n) is 17.6. The highest BCUT2D eigenvalue weighted by atomic mass is 16.5. The molecule has 0 radical (unpaired) electrons. The predicted molar refractivity (Wildman–Crippen MR) is 296 cm³/mol. The molecule has 8 aromatic rings. The van der Waals surface area contributed by atoms with Gasteiger partial charge in [-0.1, -0.05) is 115 Å². The van der Waals surface area contributed by atoms with Crippen LogP contribution in [-0.2, 0) is 9.47 Å². The highest BCUT2D eigenvalue weighted by Crippen LogP contribution is 2.31. The molecule has 8 aromatic carbocycles. The molecule has 0 saturated heterocycles. The van der Waals surface area contributed by atoms with Crippen molar-refractivity contribution in [2.24, 2.45) is 0 Å². The zero-order chi connectivity index (χ0) is 54.9. The first-order chi connectivity index (χ1) is 36.5. The monoisotopic (exact) mass is 1020 g/mol. The summed E-state index contributed by atoms with van der Waals surface area (Å²) in [6.07, 6.45) is -0.103.